The highest BCUT2D eigenvalue weighted by Crippen LogP contribution is 2.18. The Morgan fingerprint density at radius 1 is 1.26 bits per heavy atom. The van der Waals surface area contributed by atoms with Crippen LogP contribution in [0.1, 0.15) is 24.0 Å². The van der Waals surface area contributed by atoms with Crippen molar-refractivity contribution in [1.29, 1.82) is 0 Å². The van der Waals surface area contributed by atoms with Crippen LogP contribution in [-0.2, 0) is 11.2 Å². The van der Waals surface area contributed by atoms with Gasteiger partial charge < -0.3 is 15.1 Å². The number of rotatable bonds is 4. The molecule has 0 unspecified atom stereocenters. The van der Waals surface area contributed by atoms with Crippen molar-refractivity contribution in [2.24, 2.45) is 5.92 Å². The number of hydrogen-bond donors (Lipinski definition) is 1. The van der Waals surface area contributed by atoms with E-state index in [-0.39, 0.29) is 17.9 Å². The summed E-state index contributed by atoms with van der Waals surface area (Å²) in [7, 11) is 3.51. The zero-order valence-corrected chi connectivity index (χ0v) is 14.3. The molecule has 0 atom stereocenters. The minimum absolute atomic E-state index is 0.0266. The van der Waals surface area contributed by atoms with Gasteiger partial charge in [0.2, 0.25) is 5.91 Å². The van der Waals surface area contributed by atoms with Crippen molar-refractivity contribution in [3.63, 3.8) is 0 Å². The fourth-order valence-corrected chi connectivity index (χ4v) is 2.96. The largest absolute Gasteiger partial charge is 0.356 e. The van der Waals surface area contributed by atoms with Crippen LogP contribution in [0.4, 0.5) is 4.79 Å². The number of nitrogens with one attached hydrogen (secondary N) is 1. The normalized spacial score (nSPS) is 15.3. The third-order valence-corrected chi connectivity index (χ3v) is 4.31. The van der Waals surface area contributed by atoms with E-state index >= 15 is 0 Å². The quantitative estimate of drug-likeness (QED) is 0.924. The predicted octanol–water partition coefficient (Wildman–Crippen LogP) is 2.05. The molecule has 5 heteroatoms. The minimum atomic E-state index is 0.0266. The predicted molar refractivity (Wildman–Crippen MR) is 91.3 cm³/mol. The van der Waals surface area contributed by atoms with E-state index in [4.69, 9.17) is 0 Å². The molecule has 126 valence electrons. The molecule has 0 aromatic heterocycles. The molecule has 3 amide bonds. The Hall–Kier alpha value is -2.04. The smallest absolute Gasteiger partial charge is 0.319 e. The lowest BCUT2D eigenvalue weighted by Crippen LogP contribution is -2.46. The molecule has 0 saturated carbocycles. The van der Waals surface area contributed by atoms with Gasteiger partial charge in [-0.3, -0.25) is 4.79 Å². The molecule has 23 heavy (non-hydrogen) atoms. The van der Waals surface area contributed by atoms with Gasteiger partial charge in [0, 0.05) is 39.6 Å². The van der Waals surface area contributed by atoms with E-state index in [2.05, 4.69) is 30.4 Å². The van der Waals surface area contributed by atoms with Crippen molar-refractivity contribution in [3.8, 4) is 0 Å². The van der Waals surface area contributed by atoms with Crippen molar-refractivity contribution >= 4 is 11.9 Å². The standard InChI is InChI=1S/C18H27N3O2/c1-14-5-4-6-15(13-14)7-10-19-17(22)16-8-11-21(12-9-16)18(23)20(2)3/h4-6,13,16H,7-12H2,1-3H3,(H,19,22). The van der Waals surface area contributed by atoms with Crippen molar-refractivity contribution in [2.45, 2.75) is 26.2 Å². The van der Waals surface area contributed by atoms with Gasteiger partial charge in [-0.15, -0.1) is 0 Å². The van der Waals surface area contributed by atoms with Crippen LogP contribution >= 0.6 is 0 Å². The van der Waals surface area contributed by atoms with Crippen molar-refractivity contribution in [2.75, 3.05) is 33.7 Å². The van der Waals surface area contributed by atoms with Gasteiger partial charge in [0.25, 0.3) is 0 Å². The number of piperidine rings is 1. The van der Waals surface area contributed by atoms with E-state index in [1.807, 2.05) is 11.0 Å². The van der Waals surface area contributed by atoms with Gasteiger partial charge in [0.15, 0.2) is 0 Å². The molecule has 1 aliphatic rings. The molecule has 1 fully saturated rings. The summed E-state index contributed by atoms with van der Waals surface area (Å²) >= 11 is 0. The summed E-state index contributed by atoms with van der Waals surface area (Å²) in [6.45, 7) is 4.06. The number of benzene rings is 1. The van der Waals surface area contributed by atoms with Gasteiger partial charge in [0.1, 0.15) is 0 Å². The van der Waals surface area contributed by atoms with Crippen LogP contribution in [0.2, 0.25) is 0 Å². The van der Waals surface area contributed by atoms with Gasteiger partial charge >= 0.3 is 6.03 Å². The summed E-state index contributed by atoms with van der Waals surface area (Å²) in [5.41, 5.74) is 2.49. The summed E-state index contributed by atoms with van der Waals surface area (Å²) in [6.07, 6.45) is 2.34. The first-order valence-electron chi connectivity index (χ1n) is 8.27. The third kappa shape index (κ3) is 4.98. The lowest BCUT2D eigenvalue weighted by Gasteiger charge is -2.33. The minimum Gasteiger partial charge on any atom is -0.356 e. The monoisotopic (exact) mass is 317 g/mol. The number of hydrogen-bond acceptors (Lipinski definition) is 2. The highest BCUT2D eigenvalue weighted by Gasteiger charge is 2.27. The number of carbonyl (C=O) groups excluding carboxylic acids is 2. The Kier molecular flexibility index (Phi) is 6.02. The van der Waals surface area contributed by atoms with Crippen LogP contribution < -0.4 is 5.32 Å². The number of carbonyl (C=O) groups is 2. The molecule has 1 aliphatic heterocycles. The second kappa shape index (κ2) is 7.99. The van der Waals surface area contributed by atoms with E-state index in [9.17, 15) is 9.59 Å². The Morgan fingerprint density at radius 2 is 1.96 bits per heavy atom. The summed E-state index contributed by atoms with van der Waals surface area (Å²) in [5.74, 6) is 0.147. The second-order valence-electron chi connectivity index (χ2n) is 6.47. The lowest BCUT2D eigenvalue weighted by molar-refractivity contribution is -0.126. The molecule has 0 spiro atoms. The van der Waals surface area contributed by atoms with Crippen LogP contribution in [0.5, 0.6) is 0 Å². The fraction of sp³-hybridized carbons (Fsp3) is 0.556. The molecule has 2 rings (SSSR count). The molecule has 0 radical (unpaired) electrons. The zero-order chi connectivity index (χ0) is 16.8. The van der Waals surface area contributed by atoms with Crippen molar-refractivity contribution in [3.05, 3.63) is 35.4 Å². The maximum Gasteiger partial charge on any atom is 0.319 e. The highest BCUT2D eigenvalue weighted by molar-refractivity contribution is 5.79. The topological polar surface area (TPSA) is 52.7 Å². The van der Waals surface area contributed by atoms with E-state index < -0.39 is 0 Å². The van der Waals surface area contributed by atoms with Gasteiger partial charge in [-0.1, -0.05) is 29.8 Å². The average Bonchev–Trinajstić information content (AvgIpc) is 2.54. The van der Waals surface area contributed by atoms with E-state index in [0.29, 0.717) is 19.6 Å². The zero-order valence-electron chi connectivity index (χ0n) is 14.3. The van der Waals surface area contributed by atoms with Gasteiger partial charge in [-0.2, -0.15) is 0 Å². The molecule has 1 aromatic rings. The number of likely N-dealkylation sites (tertiary alicyclic amines) is 1. The Bertz CT molecular complexity index is 549. The Labute approximate surface area is 138 Å². The maximum atomic E-state index is 12.2. The third-order valence-electron chi connectivity index (χ3n) is 4.31. The molecule has 5 nitrogen and oxygen atoms in total. The molecule has 0 aliphatic carbocycles. The summed E-state index contributed by atoms with van der Waals surface area (Å²) < 4.78 is 0. The number of amides is 3. The summed E-state index contributed by atoms with van der Waals surface area (Å²) in [6, 6.07) is 8.39. The first-order chi connectivity index (χ1) is 11.0. The number of aryl methyl sites for hydroxylation is 1. The average molecular weight is 317 g/mol. The lowest BCUT2D eigenvalue weighted by atomic mass is 9.96. The summed E-state index contributed by atoms with van der Waals surface area (Å²) in [5, 5.41) is 3.03. The Balaban J connectivity index is 1.72. The van der Waals surface area contributed by atoms with Crippen LogP contribution in [-0.4, -0.2) is 55.5 Å². The van der Waals surface area contributed by atoms with Gasteiger partial charge in [-0.05, 0) is 31.7 Å². The fourth-order valence-electron chi connectivity index (χ4n) is 2.96. The molecule has 1 heterocycles. The van der Waals surface area contributed by atoms with Gasteiger partial charge in [-0.25, -0.2) is 4.79 Å². The van der Waals surface area contributed by atoms with Crippen molar-refractivity contribution < 1.29 is 9.59 Å². The molecule has 0 bridgehead atoms. The molecule has 1 saturated heterocycles. The second-order valence-corrected chi connectivity index (χ2v) is 6.47. The molecule has 1 aromatic carbocycles. The van der Waals surface area contributed by atoms with Crippen LogP contribution in [0.3, 0.4) is 0 Å². The van der Waals surface area contributed by atoms with Crippen LogP contribution in [0, 0.1) is 12.8 Å². The number of nitrogens with zero attached hydrogens (tertiary/aromatic N) is 2. The van der Waals surface area contributed by atoms with E-state index in [1.54, 1.807) is 19.0 Å². The molecular weight excluding hydrogens is 290 g/mol. The van der Waals surface area contributed by atoms with Gasteiger partial charge in [0.05, 0.1) is 0 Å². The first-order valence-corrected chi connectivity index (χ1v) is 8.27. The molecule has 1 N–H and O–H groups in total. The van der Waals surface area contributed by atoms with Crippen molar-refractivity contribution in [1.82, 2.24) is 15.1 Å². The SMILES string of the molecule is Cc1cccc(CCNC(=O)C2CCN(C(=O)N(C)C)CC2)c1. The van der Waals surface area contributed by atoms with Crippen LogP contribution in [0.25, 0.3) is 0 Å². The summed E-state index contributed by atoms with van der Waals surface area (Å²) in [4.78, 5) is 27.5. The maximum absolute atomic E-state index is 12.2. The van der Waals surface area contributed by atoms with E-state index in [0.717, 1.165) is 19.3 Å². The van der Waals surface area contributed by atoms with Crippen LogP contribution in [0.15, 0.2) is 24.3 Å². The highest BCUT2D eigenvalue weighted by atomic mass is 16.2. The van der Waals surface area contributed by atoms with E-state index in [1.165, 1.54) is 11.1 Å². The Morgan fingerprint density at radius 3 is 2.57 bits per heavy atom. The number of urea groups is 1. The first kappa shape index (κ1) is 17.3. The molecular formula is C18H27N3O2.